The molecule has 1 aliphatic heterocycles. The molecule has 0 radical (unpaired) electrons. The topological polar surface area (TPSA) is 41.6 Å². The summed E-state index contributed by atoms with van der Waals surface area (Å²) in [6.45, 7) is 4.38. The first-order valence-electron chi connectivity index (χ1n) is 6.55. The zero-order valence-electron chi connectivity index (χ0n) is 11.1. The smallest absolute Gasteiger partial charge is 0.191 e. The molecule has 1 fully saturated rings. The lowest BCUT2D eigenvalue weighted by molar-refractivity contribution is 0.270. The number of hydrogen-bond donors (Lipinski definition) is 1. The Morgan fingerprint density at radius 2 is 2.37 bits per heavy atom. The number of nitrogens with zero attached hydrogens (tertiary/aromatic N) is 2. The first kappa shape index (κ1) is 14.3. The Morgan fingerprint density at radius 3 is 3.11 bits per heavy atom. The quantitative estimate of drug-likeness (QED) is 0.669. The highest BCUT2D eigenvalue weighted by atomic mass is 79.9. The summed E-state index contributed by atoms with van der Waals surface area (Å²) >= 11 is 3.33. The summed E-state index contributed by atoms with van der Waals surface area (Å²) in [4.78, 5) is 6.40. The van der Waals surface area contributed by atoms with Crippen LogP contribution in [0.15, 0.2) is 27.7 Å². The highest BCUT2D eigenvalue weighted by Crippen LogP contribution is 2.17. The zero-order chi connectivity index (χ0) is 13.8. The fraction of sp³-hybridized carbons (Fsp3) is 0.500. The Bertz CT molecular complexity index is 476. The molecular formula is C14H19BrFN3. The summed E-state index contributed by atoms with van der Waals surface area (Å²) in [5.74, 6) is 0.919. The van der Waals surface area contributed by atoms with Crippen molar-refractivity contribution in [2.45, 2.75) is 26.3 Å². The summed E-state index contributed by atoms with van der Waals surface area (Å²) in [7, 11) is 0. The van der Waals surface area contributed by atoms with E-state index < -0.39 is 0 Å². The molecular weight excluding hydrogens is 309 g/mol. The van der Waals surface area contributed by atoms with Crippen LogP contribution in [0.25, 0.3) is 0 Å². The van der Waals surface area contributed by atoms with E-state index in [1.54, 1.807) is 12.1 Å². The minimum absolute atomic E-state index is 0.244. The maximum atomic E-state index is 13.6. The number of nitrogens with two attached hydrogens (primary N) is 1. The maximum Gasteiger partial charge on any atom is 0.191 e. The molecule has 0 aliphatic carbocycles. The molecule has 19 heavy (non-hydrogen) atoms. The predicted molar refractivity (Wildman–Crippen MR) is 79.4 cm³/mol. The van der Waals surface area contributed by atoms with E-state index in [9.17, 15) is 4.39 Å². The van der Waals surface area contributed by atoms with E-state index in [0.29, 0.717) is 17.4 Å². The average molecular weight is 328 g/mol. The third-order valence-corrected chi connectivity index (χ3v) is 3.89. The summed E-state index contributed by atoms with van der Waals surface area (Å²) in [5, 5.41) is 0. The van der Waals surface area contributed by atoms with Crippen LogP contribution in [-0.2, 0) is 6.54 Å². The second-order valence-electron chi connectivity index (χ2n) is 5.10. The molecule has 2 rings (SSSR count). The van der Waals surface area contributed by atoms with E-state index in [1.807, 2.05) is 0 Å². The van der Waals surface area contributed by atoms with Crippen LogP contribution in [0.1, 0.15) is 25.3 Å². The van der Waals surface area contributed by atoms with Gasteiger partial charge in [-0.15, -0.1) is 0 Å². The second kappa shape index (κ2) is 6.37. The fourth-order valence-corrected chi connectivity index (χ4v) is 2.74. The van der Waals surface area contributed by atoms with Crippen LogP contribution < -0.4 is 5.73 Å². The molecule has 0 amide bonds. The molecule has 0 bridgehead atoms. The van der Waals surface area contributed by atoms with Gasteiger partial charge in [-0.1, -0.05) is 22.9 Å². The molecule has 2 N–H and O–H groups in total. The van der Waals surface area contributed by atoms with Crippen LogP contribution in [0.4, 0.5) is 4.39 Å². The molecule has 1 saturated heterocycles. The van der Waals surface area contributed by atoms with Crippen LogP contribution >= 0.6 is 15.9 Å². The minimum Gasteiger partial charge on any atom is -0.370 e. The standard InChI is InChI=1S/C14H19BrFN3/c1-10-3-2-6-19(9-10)14(17)18-8-11-7-12(15)4-5-13(11)16/h4-5,7,10H,2-3,6,8-9H2,1H3,(H2,17,18). The van der Waals surface area contributed by atoms with Gasteiger partial charge in [0.1, 0.15) is 5.82 Å². The third kappa shape index (κ3) is 3.93. The lowest BCUT2D eigenvalue weighted by Gasteiger charge is -2.31. The largest absolute Gasteiger partial charge is 0.370 e. The summed E-state index contributed by atoms with van der Waals surface area (Å²) in [6, 6.07) is 4.86. The number of aliphatic imine (C=N–C) groups is 1. The van der Waals surface area contributed by atoms with E-state index in [4.69, 9.17) is 5.73 Å². The highest BCUT2D eigenvalue weighted by molar-refractivity contribution is 9.10. The van der Waals surface area contributed by atoms with Gasteiger partial charge in [-0.25, -0.2) is 9.38 Å². The third-order valence-electron chi connectivity index (χ3n) is 3.40. The Labute approximate surface area is 121 Å². The van der Waals surface area contributed by atoms with Gasteiger partial charge in [0.15, 0.2) is 5.96 Å². The van der Waals surface area contributed by atoms with Crippen molar-refractivity contribution in [1.82, 2.24) is 4.90 Å². The van der Waals surface area contributed by atoms with Crippen molar-refractivity contribution in [3.8, 4) is 0 Å². The van der Waals surface area contributed by atoms with Gasteiger partial charge >= 0.3 is 0 Å². The Kier molecular flexibility index (Phi) is 4.80. The first-order chi connectivity index (χ1) is 9.06. The lowest BCUT2D eigenvalue weighted by atomic mass is 10.0. The normalized spacial score (nSPS) is 20.7. The van der Waals surface area contributed by atoms with Gasteiger partial charge in [-0.3, -0.25) is 0 Å². The van der Waals surface area contributed by atoms with Crippen LogP contribution in [0, 0.1) is 11.7 Å². The van der Waals surface area contributed by atoms with Crippen LogP contribution in [-0.4, -0.2) is 23.9 Å². The average Bonchev–Trinajstić information content (AvgIpc) is 2.39. The second-order valence-corrected chi connectivity index (χ2v) is 6.02. The van der Waals surface area contributed by atoms with Gasteiger partial charge in [0.2, 0.25) is 0 Å². The lowest BCUT2D eigenvalue weighted by Crippen LogP contribution is -2.43. The summed E-state index contributed by atoms with van der Waals surface area (Å²) < 4.78 is 14.4. The van der Waals surface area contributed by atoms with Crippen LogP contribution in [0.5, 0.6) is 0 Å². The van der Waals surface area contributed by atoms with Gasteiger partial charge in [-0.2, -0.15) is 0 Å². The molecule has 0 spiro atoms. The van der Waals surface area contributed by atoms with Gasteiger partial charge < -0.3 is 10.6 Å². The molecule has 3 nitrogen and oxygen atoms in total. The van der Waals surface area contributed by atoms with Crippen LogP contribution in [0.2, 0.25) is 0 Å². The number of benzene rings is 1. The van der Waals surface area contributed by atoms with Gasteiger partial charge in [0, 0.05) is 23.1 Å². The predicted octanol–water partition coefficient (Wildman–Crippen LogP) is 3.13. The Balaban J connectivity index is 2.03. The molecule has 5 heteroatoms. The summed E-state index contributed by atoms with van der Waals surface area (Å²) in [5.41, 5.74) is 6.55. The molecule has 104 valence electrons. The molecule has 1 aliphatic rings. The SMILES string of the molecule is CC1CCCN(C(N)=NCc2cc(Br)ccc2F)C1. The van der Waals surface area contributed by atoms with Crippen molar-refractivity contribution >= 4 is 21.9 Å². The number of likely N-dealkylation sites (tertiary alicyclic amines) is 1. The summed E-state index contributed by atoms with van der Waals surface area (Å²) in [6.07, 6.45) is 2.38. The molecule has 1 unspecified atom stereocenters. The number of rotatable bonds is 2. The van der Waals surface area contributed by atoms with Crippen molar-refractivity contribution in [3.63, 3.8) is 0 Å². The number of halogens is 2. The van der Waals surface area contributed by atoms with Gasteiger partial charge in [0.25, 0.3) is 0 Å². The molecule has 1 atom stereocenters. The van der Waals surface area contributed by atoms with Gasteiger partial charge in [0.05, 0.1) is 6.54 Å². The molecule has 1 aromatic carbocycles. The fourth-order valence-electron chi connectivity index (χ4n) is 2.33. The minimum atomic E-state index is -0.244. The van der Waals surface area contributed by atoms with E-state index >= 15 is 0 Å². The number of piperidine rings is 1. The van der Waals surface area contributed by atoms with E-state index in [0.717, 1.165) is 24.0 Å². The van der Waals surface area contributed by atoms with E-state index in [2.05, 4.69) is 32.7 Å². The first-order valence-corrected chi connectivity index (χ1v) is 7.34. The van der Waals surface area contributed by atoms with Crippen molar-refractivity contribution in [2.75, 3.05) is 13.1 Å². The van der Waals surface area contributed by atoms with Crippen molar-refractivity contribution in [1.29, 1.82) is 0 Å². The van der Waals surface area contributed by atoms with Crippen molar-refractivity contribution in [2.24, 2.45) is 16.6 Å². The van der Waals surface area contributed by atoms with E-state index in [-0.39, 0.29) is 12.4 Å². The van der Waals surface area contributed by atoms with Crippen molar-refractivity contribution in [3.05, 3.63) is 34.1 Å². The molecule has 0 saturated carbocycles. The van der Waals surface area contributed by atoms with Crippen molar-refractivity contribution < 1.29 is 4.39 Å². The monoisotopic (exact) mass is 327 g/mol. The molecule has 1 aromatic rings. The number of guanidine groups is 1. The highest BCUT2D eigenvalue weighted by Gasteiger charge is 2.17. The van der Waals surface area contributed by atoms with Gasteiger partial charge in [-0.05, 0) is 37.0 Å². The Hall–Kier alpha value is -1.10. The molecule has 0 aromatic heterocycles. The van der Waals surface area contributed by atoms with E-state index in [1.165, 1.54) is 12.5 Å². The van der Waals surface area contributed by atoms with Crippen LogP contribution in [0.3, 0.4) is 0 Å². The Morgan fingerprint density at radius 1 is 1.58 bits per heavy atom. The zero-order valence-corrected chi connectivity index (χ0v) is 12.7. The molecule has 1 heterocycles. The maximum absolute atomic E-state index is 13.6. The number of hydrogen-bond acceptors (Lipinski definition) is 1.